The van der Waals surface area contributed by atoms with Crippen molar-refractivity contribution in [2.24, 2.45) is 5.92 Å². The predicted octanol–water partition coefficient (Wildman–Crippen LogP) is 1.44. The number of nitrogens with two attached hydrogens (primary N) is 1. The number of rotatable bonds is 5. The molecule has 1 aliphatic carbocycles. The second-order valence-corrected chi connectivity index (χ2v) is 4.15. The van der Waals surface area contributed by atoms with E-state index in [2.05, 4.69) is 9.59 Å². The van der Waals surface area contributed by atoms with Gasteiger partial charge in [-0.15, -0.1) is 5.10 Å². The Balaban J connectivity index is 1.64. The molecule has 5 heteroatoms. The van der Waals surface area contributed by atoms with Gasteiger partial charge < -0.3 is 10.5 Å². The fraction of sp³-hybridized carbons (Fsp3) is 0.750. The summed E-state index contributed by atoms with van der Waals surface area (Å²) in [6.07, 6.45) is 3.94. The van der Waals surface area contributed by atoms with Crippen LogP contribution in [-0.4, -0.2) is 16.2 Å². The first-order chi connectivity index (χ1) is 6.36. The molecule has 1 aromatic rings. The zero-order valence-corrected chi connectivity index (χ0v) is 8.22. The Hall–Kier alpha value is -0.680. The molecule has 0 amide bonds. The van der Waals surface area contributed by atoms with E-state index in [0.717, 1.165) is 18.2 Å². The van der Waals surface area contributed by atoms with Crippen LogP contribution in [0.25, 0.3) is 0 Å². The van der Waals surface area contributed by atoms with Gasteiger partial charge >= 0.3 is 0 Å². The van der Waals surface area contributed by atoms with Gasteiger partial charge in [-0.05, 0) is 12.3 Å². The average molecular weight is 199 g/mol. The number of hydrogen-bond donors (Lipinski definition) is 1. The van der Waals surface area contributed by atoms with Gasteiger partial charge in [-0.2, -0.15) is 0 Å². The molecule has 72 valence electrons. The number of anilines is 1. The van der Waals surface area contributed by atoms with Gasteiger partial charge in [0.1, 0.15) is 10.7 Å². The third-order valence-corrected chi connectivity index (χ3v) is 2.79. The van der Waals surface area contributed by atoms with Gasteiger partial charge in [-0.1, -0.05) is 17.3 Å². The lowest BCUT2D eigenvalue weighted by molar-refractivity contribution is 0.113. The number of aromatic nitrogens is 2. The van der Waals surface area contributed by atoms with Gasteiger partial charge in [-0.25, -0.2) is 0 Å². The molecule has 2 N–H and O–H groups in total. The molecule has 0 saturated heterocycles. The van der Waals surface area contributed by atoms with Crippen LogP contribution in [0.5, 0.6) is 0 Å². The van der Waals surface area contributed by atoms with Crippen molar-refractivity contribution in [3.8, 4) is 0 Å². The third kappa shape index (κ3) is 2.63. The summed E-state index contributed by atoms with van der Waals surface area (Å²) < 4.78 is 9.17. The van der Waals surface area contributed by atoms with Gasteiger partial charge in [0.15, 0.2) is 0 Å². The highest BCUT2D eigenvalue weighted by Crippen LogP contribution is 2.32. The summed E-state index contributed by atoms with van der Waals surface area (Å²) >= 11 is 1.22. The topological polar surface area (TPSA) is 61.0 Å². The van der Waals surface area contributed by atoms with Crippen molar-refractivity contribution < 1.29 is 4.74 Å². The lowest BCUT2D eigenvalue weighted by Gasteiger charge is -2.00. The van der Waals surface area contributed by atoms with Gasteiger partial charge in [0.05, 0.1) is 6.61 Å². The maximum absolute atomic E-state index is 5.61. The predicted molar refractivity (Wildman–Crippen MR) is 51.3 cm³/mol. The Kier molecular flexibility index (Phi) is 2.75. The summed E-state index contributed by atoms with van der Waals surface area (Å²) in [5, 5.41) is 4.54. The van der Waals surface area contributed by atoms with Crippen LogP contribution in [0.3, 0.4) is 0 Å². The van der Waals surface area contributed by atoms with Crippen molar-refractivity contribution in [2.45, 2.75) is 25.9 Å². The first-order valence-electron chi connectivity index (χ1n) is 4.50. The van der Waals surface area contributed by atoms with E-state index in [1.54, 1.807) is 0 Å². The highest BCUT2D eigenvalue weighted by molar-refractivity contribution is 7.09. The second kappa shape index (κ2) is 4.02. The Morgan fingerprint density at radius 2 is 2.38 bits per heavy atom. The van der Waals surface area contributed by atoms with Crippen LogP contribution in [0.4, 0.5) is 5.00 Å². The van der Waals surface area contributed by atoms with Gasteiger partial charge in [0.2, 0.25) is 0 Å². The smallest absolute Gasteiger partial charge is 0.133 e. The van der Waals surface area contributed by atoms with Crippen molar-refractivity contribution in [2.75, 3.05) is 12.3 Å². The molecule has 0 atom stereocenters. The first kappa shape index (κ1) is 8.90. The normalized spacial score (nSPS) is 16.3. The van der Waals surface area contributed by atoms with E-state index < -0.39 is 0 Å². The quantitative estimate of drug-likeness (QED) is 0.729. The lowest BCUT2D eigenvalue weighted by atomic mass is 10.3. The Morgan fingerprint density at radius 1 is 1.54 bits per heavy atom. The summed E-state index contributed by atoms with van der Waals surface area (Å²) in [5.74, 6) is 0.922. The maximum Gasteiger partial charge on any atom is 0.133 e. The molecule has 0 bridgehead atoms. The van der Waals surface area contributed by atoms with Crippen molar-refractivity contribution in [1.82, 2.24) is 9.59 Å². The number of ether oxygens (including phenoxy) is 1. The summed E-state index contributed by atoms with van der Waals surface area (Å²) in [6.45, 7) is 1.33. The van der Waals surface area contributed by atoms with E-state index in [0.29, 0.717) is 11.6 Å². The average Bonchev–Trinajstić information content (AvgIpc) is 2.86. The Morgan fingerprint density at radius 3 is 3.00 bits per heavy atom. The molecular weight excluding hydrogens is 186 g/mol. The molecule has 1 aromatic heterocycles. The van der Waals surface area contributed by atoms with E-state index >= 15 is 0 Å². The van der Waals surface area contributed by atoms with Gasteiger partial charge in [-0.3, -0.25) is 0 Å². The molecule has 1 heterocycles. The standard InChI is InChI=1S/C8H13N3OS/c9-8-7(10-11-13-8)5-12-4-3-6-1-2-6/h6H,1-5,9H2. The molecule has 1 fully saturated rings. The lowest BCUT2D eigenvalue weighted by Crippen LogP contribution is -1.99. The molecule has 0 aromatic carbocycles. The molecule has 1 saturated carbocycles. The van der Waals surface area contributed by atoms with E-state index in [-0.39, 0.29) is 0 Å². The molecule has 13 heavy (non-hydrogen) atoms. The van der Waals surface area contributed by atoms with E-state index in [1.807, 2.05) is 0 Å². The summed E-state index contributed by atoms with van der Waals surface area (Å²) in [6, 6.07) is 0. The molecule has 2 rings (SSSR count). The van der Waals surface area contributed by atoms with Crippen molar-refractivity contribution in [3.63, 3.8) is 0 Å². The van der Waals surface area contributed by atoms with Crippen LogP contribution < -0.4 is 5.73 Å². The SMILES string of the molecule is Nc1snnc1COCCC1CC1. The molecule has 0 radical (unpaired) electrons. The second-order valence-electron chi connectivity index (χ2n) is 3.37. The molecular formula is C8H13N3OS. The molecule has 1 aliphatic rings. The fourth-order valence-electron chi connectivity index (χ4n) is 1.14. The zero-order chi connectivity index (χ0) is 9.10. The summed E-state index contributed by atoms with van der Waals surface area (Å²) in [5.41, 5.74) is 6.39. The van der Waals surface area contributed by atoms with Crippen LogP contribution >= 0.6 is 11.5 Å². The van der Waals surface area contributed by atoms with Crippen LogP contribution in [0.1, 0.15) is 25.0 Å². The van der Waals surface area contributed by atoms with Crippen molar-refractivity contribution in [3.05, 3.63) is 5.69 Å². The van der Waals surface area contributed by atoms with Crippen molar-refractivity contribution in [1.29, 1.82) is 0 Å². The Bertz CT molecular complexity index is 272. The maximum atomic E-state index is 5.61. The van der Waals surface area contributed by atoms with Crippen LogP contribution in [0.15, 0.2) is 0 Å². The minimum absolute atomic E-state index is 0.509. The summed E-state index contributed by atoms with van der Waals surface area (Å²) in [7, 11) is 0. The third-order valence-electron chi connectivity index (χ3n) is 2.19. The van der Waals surface area contributed by atoms with E-state index in [1.165, 1.54) is 30.8 Å². The fourth-order valence-corrected chi connectivity index (χ4v) is 1.57. The number of nitrogen functional groups attached to an aromatic ring is 1. The van der Waals surface area contributed by atoms with Crippen LogP contribution in [-0.2, 0) is 11.3 Å². The van der Waals surface area contributed by atoms with Crippen LogP contribution in [0.2, 0.25) is 0 Å². The monoisotopic (exact) mass is 199 g/mol. The van der Waals surface area contributed by atoms with Gasteiger partial charge in [0.25, 0.3) is 0 Å². The van der Waals surface area contributed by atoms with E-state index in [4.69, 9.17) is 10.5 Å². The largest absolute Gasteiger partial charge is 0.388 e. The minimum Gasteiger partial charge on any atom is -0.388 e. The van der Waals surface area contributed by atoms with Gasteiger partial charge in [0, 0.05) is 18.1 Å². The molecule has 0 spiro atoms. The Labute approximate surface area is 81.3 Å². The molecule has 0 unspecified atom stereocenters. The first-order valence-corrected chi connectivity index (χ1v) is 5.28. The number of nitrogens with zero attached hydrogens (tertiary/aromatic N) is 2. The highest BCUT2D eigenvalue weighted by atomic mass is 32.1. The number of hydrogen-bond acceptors (Lipinski definition) is 5. The van der Waals surface area contributed by atoms with E-state index in [9.17, 15) is 0 Å². The van der Waals surface area contributed by atoms with Crippen LogP contribution in [0, 0.1) is 5.92 Å². The summed E-state index contributed by atoms with van der Waals surface area (Å²) in [4.78, 5) is 0. The van der Waals surface area contributed by atoms with Crippen molar-refractivity contribution >= 4 is 16.5 Å². The minimum atomic E-state index is 0.509. The zero-order valence-electron chi connectivity index (χ0n) is 7.40. The highest BCUT2D eigenvalue weighted by Gasteiger charge is 2.20. The molecule has 0 aliphatic heterocycles. The molecule has 4 nitrogen and oxygen atoms in total.